The van der Waals surface area contributed by atoms with E-state index in [-0.39, 0.29) is 18.3 Å². The molecule has 0 radical (unpaired) electrons. The summed E-state index contributed by atoms with van der Waals surface area (Å²) in [5, 5.41) is 8.91. The Balaban J connectivity index is 2.66. The van der Waals surface area contributed by atoms with Crippen LogP contribution >= 0.6 is 27.7 Å². The van der Waals surface area contributed by atoms with Crippen LogP contribution < -0.4 is 0 Å². The molecule has 0 spiro atoms. The number of hydrogen-bond donors (Lipinski definition) is 1. The molecule has 0 heterocycles. The van der Waals surface area contributed by atoms with Crippen LogP contribution in [0, 0.1) is 0 Å². The minimum atomic E-state index is -0.252. The predicted molar refractivity (Wildman–Crippen MR) is 62.8 cm³/mol. The molecule has 0 saturated carbocycles. The molecule has 3 nitrogen and oxygen atoms in total. The first kappa shape index (κ1) is 12.5. The van der Waals surface area contributed by atoms with E-state index in [0.29, 0.717) is 0 Å². The highest BCUT2D eigenvalue weighted by Gasteiger charge is 2.05. The second-order valence-corrected chi connectivity index (χ2v) is 4.66. The SMILES string of the molecule is COC(=O)CSc1ccc(CO)cc1Br. The maximum absolute atomic E-state index is 10.9. The van der Waals surface area contributed by atoms with Crippen LogP contribution in [0.25, 0.3) is 0 Å². The zero-order valence-electron chi connectivity index (χ0n) is 8.20. The van der Waals surface area contributed by atoms with Gasteiger partial charge in [0, 0.05) is 9.37 Å². The number of methoxy groups -OCH3 is 1. The van der Waals surface area contributed by atoms with E-state index in [9.17, 15) is 4.79 Å². The van der Waals surface area contributed by atoms with Gasteiger partial charge in [0.2, 0.25) is 0 Å². The second kappa shape index (κ2) is 6.15. The highest BCUT2D eigenvalue weighted by Crippen LogP contribution is 2.28. The van der Waals surface area contributed by atoms with Crippen molar-refractivity contribution in [2.45, 2.75) is 11.5 Å². The maximum Gasteiger partial charge on any atom is 0.315 e. The number of aliphatic hydroxyl groups is 1. The van der Waals surface area contributed by atoms with Crippen molar-refractivity contribution >= 4 is 33.7 Å². The molecular formula is C10H11BrO3S. The second-order valence-electron chi connectivity index (χ2n) is 2.79. The Morgan fingerprint density at radius 2 is 2.33 bits per heavy atom. The van der Waals surface area contributed by atoms with Crippen LogP contribution in [0.1, 0.15) is 5.56 Å². The van der Waals surface area contributed by atoms with Gasteiger partial charge in [-0.3, -0.25) is 4.79 Å². The minimum Gasteiger partial charge on any atom is -0.468 e. The summed E-state index contributed by atoms with van der Waals surface area (Å²) in [5.41, 5.74) is 0.837. The third-order valence-electron chi connectivity index (χ3n) is 1.75. The number of carbonyl (C=O) groups is 1. The van der Waals surface area contributed by atoms with Gasteiger partial charge in [0.1, 0.15) is 0 Å². The standard InChI is InChI=1S/C10H11BrO3S/c1-14-10(13)6-15-9-3-2-7(5-12)4-8(9)11/h2-4,12H,5-6H2,1H3. The summed E-state index contributed by atoms with van der Waals surface area (Å²) < 4.78 is 5.42. The van der Waals surface area contributed by atoms with Gasteiger partial charge in [-0.25, -0.2) is 0 Å². The topological polar surface area (TPSA) is 46.5 Å². The molecule has 0 aliphatic carbocycles. The molecule has 5 heteroatoms. The van der Waals surface area contributed by atoms with Crippen LogP contribution in [0.4, 0.5) is 0 Å². The number of esters is 1. The van der Waals surface area contributed by atoms with Crippen molar-refractivity contribution in [3.63, 3.8) is 0 Å². The number of halogens is 1. The molecule has 0 amide bonds. The van der Waals surface area contributed by atoms with E-state index in [2.05, 4.69) is 20.7 Å². The summed E-state index contributed by atoms with van der Waals surface area (Å²) in [4.78, 5) is 11.9. The Morgan fingerprint density at radius 1 is 1.60 bits per heavy atom. The van der Waals surface area contributed by atoms with E-state index in [1.54, 1.807) is 0 Å². The van der Waals surface area contributed by atoms with E-state index < -0.39 is 0 Å². The van der Waals surface area contributed by atoms with Crippen LogP contribution in [0.3, 0.4) is 0 Å². The van der Waals surface area contributed by atoms with Gasteiger partial charge < -0.3 is 9.84 Å². The van der Waals surface area contributed by atoms with Crippen LogP contribution in [0.15, 0.2) is 27.6 Å². The molecule has 0 aliphatic rings. The fourth-order valence-electron chi connectivity index (χ4n) is 0.955. The van der Waals surface area contributed by atoms with Gasteiger partial charge in [-0.2, -0.15) is 0 Å². The molecule has 1 aromatic rings. The zero-order valence-corrected chi connectivity index (χ0v) is 10.6. The number of aliphatic hydroxyl groups excluding tert-OH is 1. The van der Waals surface area contributed by atoms with E-state index in [4.69, 9.17) is 5.11 Å². The number of rotatable bonds is 4. The van der Waals surface area contributed by atoms with Crippen LogP contribution in [-0.4, -0.2) is 23.9 Å². The fraction of sp³-hybridized carbons (Fsp3) is 0.300. The molecule has 1 N–H and O–H groups in total. The van der Waals surface area contributed by atoms with Crippen molar-refractivity contribution in [1.29, 1.82) is 0 Å². The average Bonchev–Trinajstić information content (AvgIpc) is 2.26. The molecule has 0 saturated heterocycles. The minimum absolute atomic E-state index is 0.0144. The lowest BCUT2D eigenvalue weighted by atomic mass is 10.2. The summed E-state index contributed by atoms with van der Waals surface area (Å²) >= 11 is 4.77. The van der Waals surface area contributed by atoms with Gasteiger partial charge >= 0.3 is 5.97 Å². The molecule has 0 aliphatic heterocycles. The van der Waals surface area contributed by atoms with Crippen molar-refractivity contribution in [1.82, 2.24) is 0 Å². The molecule has 0 unspecified atom stereocenters. The molecule has 0 atom stereocenters. The third kappa shape index (κ3) is 3.85. The van der Waals surface area contributed by atoms with Gasteiger partial charge in [-0.05, 0) is 33.6 Å². The quantitative estimate of drug-likeness (QED) is 0.682. The van der Waals surface area contributed by atoms with Gasteiger partial charge in [0.25, 0.3) is 0 Å². The lowest BCUT2D eigenvalue weighted by molar-refractivity contribution is -0.137. The Labute approximate surface area is 101 Å². The van der Waals surface area contributed by atoms with Crippen LogP contribution in [0.5, 0.6) is 0 Å². The molecule has 15 heavy (non-hydrogen) atoms. The summed E-state index contributed by atoms with van der Waals surface area (Å²) in [6.45, 7) is 0.0144. The van der Waals surface area contributed by atoms with Crippen molar-refractivity contribution in [3.8, 4) is 0 Å². The van der Waals surface area contributed by atoms with Gasteiger partial charge in [-0.1, -0.05) is 6.07 Å². The predicted octanol–water partition coefficient (Wildman–Crippen LogP) is 2.21. The molecule has 82 valence electrons. The summed E-state index contributed by atoms with van der Waals surface area (Å²) in [5.74, 6) is 0.0336. The van der Waals surface area contributed by atoms with Crippen LogP contribution in [0.2, 0.25) is 0 Å². The van der Waals surface area contributed by atoms with E-state index in [0.717, 1.165) is 14.9 Å². The molecule has 1 rings (SSSR count). The summed E-state index contributed by atoms with van der Waals surface area (Å²) in [6, 6.07) is 5.52. The normalized spacial score (nSPS) is 10.1. The van der Waals surface area contributed by atoms with E-state index in [1.807, 2.05) is 18.2 Å². The monoisotopic (exact) mass is 290 g/mol. The molecule has 0 bridgehead atoms. The Kier molecular flexibility index (Phi) is 5.14. The summed E-state index contributed by atoms with van der Waals surface area (Å²) in [6.07, 6.45) is 0. The molecule has 0 fully saturated rings. The first-order chi connectivity index (χ1) is 7.17. The number of hydrogen-bond acceptors (Lipinski definition) is 4. The largest absolute Gasteiger partial charge is 0.468 e. The maximum atomic E-state index is 10.9. The smallest absolute Gasteiger partial charge is 0.315 e. The third-order valence-corrected chi connectivity index (χ3v) is 3.72. The number of ether oxygens (including phenoxy) is 1. The Bertz CT molecular complexity index is 355. The first-order valence-electron chi connectivity index (χ1n) is 4.26. The van der Waals surface area contributed by atoms with E-state index in [1.165, 1.54) is 18.9 Å². The van der Waals surface area contributed by atoms with Crippen molar-refractivity contribution in [3.05, 3.63) is 28.2 Å². The van der Waals surface area contributed by atoms with Gasteiger partial charge in [0.05, 0.1) is 19.5 Å². The molecular weight excluding hydrogens is 280 g/mol. The van der Waals surface area contributed by atoms with Crippen molar-refractivity contribution in [2.24, 2.45) is 0 Å². The Hall–Kier alpha value is -0.520. The fourth-order valence-corrected chi connectivity index (χ4v) is 2.48. The molecule has 1 aromatic carbocycles. The summed E-state index contributed by atoms with van der Waals surface area (Å²) in [7, 11) is 1.37. The van der Waals surface area contributed by atoms with Crippen molar-refractivity contribution < 1.29 is 14.6 Å². The van der Waals surface area contributed by atoms with Gasteiger partial charge in [-0.15, -0.1) is 11.8 Å². The van der Waals surface area contributed by atoms with Crippen molar-refractivity contribution in [2.75, 3.05) is 12.9 Å². The van der Waals surface area contributed by atoms with Gasteiger partial charge in [0.15, 0.2) is 0 Å². The number of benzene rings is 1. The lowest BCUT2D eigenvalue weighted by Crippen LogP contribution is -2.02. The first-order valence-corrected chi connectivity index (χ1v) is 6.04. The number of thioether (sulfide) groups is 1. The number of carbonyl (C=O) groups excluding carboxylic acids is 1. The molecule has 0 aromatic heterocycles. The average molecular weight is 291 g/mol. The van der Waals surface area contributed by atoms with E-state index >= 15 is 0 Å². The lowest BCUT2D eigenvalue weighted by Gasteiger charge is -2.05. The van der Waals surface area contributed by atoms with Crippen LogP contribution in [-0.2, 0) is 16.1 Å². The Morgan fingerprint density at radius 3 is 2.87 bits per heavy atom. The highest BCUT2D eigenvalue weighted by molar-refractivity contribution is 9.10. The zero-order chi connectivity index (χ0) is 11.3. The highest BCUT2D eigenvalue weighted by atomic mass is 79.9.